The lowest BCUT2D eigenvalue weighted by molar-refractivity contribution is 0.180. The van der Waals surface area contributed by atoms with Crippen LogP contribution in [0.25, 0.3) is 5.69 Å². The summed E-state index contributed by atoms with van der Waals surface area (Å²) in [5.74, 6) is 1.08. The van der Waals surface area contributed by atoms with E-state index in [-0.39, 0.29) is 0 Å². The Morgan fingerprint density at radius 1 is 1.40 bits per heavy atom. The van der Waals surface area contributed by atoms with Gasteiger partial charge in [0.2, 0.25) is 0 Å². The molecule has 1 N–H and O–H groups in total. The molecule has 1 aromatic carbocycles. The van der Waals surface area contributed by atoms with Crippen LogP contribution in [0.1, 0.15) is 24.1 Å². The number of hydrogen-bond acceptors (Lipinski definition) is 3. The van der Waals surface area contributed by atoms with Crippen molar-refractivity contribution in [3.05, 3.63) is 40.5 Å². The number of rotatable bonds is 3. The normalized spacial score (nSPS) is 14.5. The molecular weight excluding hydrogens is 274 g/mol. The maximum atomic E-state index is 6.09. The van der Waals surface area contributed by atoms with Gasteiger partial charge in [-0.2, -0.15) is 5.10 Å². The number of methoxy groups -OCH3 is 1. The third-order valence-electron chi connectivity index (χ3n) is 3.55. The van der Waals surface area contributed by atoms with Crippen molar-refractivity contribution in [1.82, 2.24) is 9.78 Å². The maximum absolute atomic E-state index is 6.09. The molecule has 1 aliphatic heterocycles. The molecule has 1 aliphatic rings. The Morgan fingerprint density at radius 2 is 2.30 bits per heavy atom. The number of nitrogens with one attached hydrogen (secondary N) is 1. The van der Waals surface area contributed by atoms with E-state index in [4.69, 9.17) is 21.4 Å². The van der Waals surface area contributed by atoms with Gasteiger partial charge in [-0.25, -0.2) is 4.68 Å². The minimum Gasteiger partial charge on any atom is -0.378 e. The van der Waals surface area contributed by atoms with Crippen LogP contribution in [-0.4, -0.2) is 23.4 Å². The van der Waals surface area contributed by atoms with Crippen molar-refractivity contribution in [3.63, 3.8) is 0 Å². The van der Waals surface area contributed by atoms with E-state index >= 15 is 0 Å². The third-order valence-corrected chi connectivity index (χ3v) is 3.78. The van der Waals surface area contributed by atoms with Gasteiger partial charge in [-0.15, -0.1) is 0 Å². The maximum Gasteiger partial charge on any atom is 0.133 e. The van der Waals surface area contributed by atoms with Crippen LogP contribution in [0.4, 0.5) is 5.82 Å². The predicted molar refractivity (Wildman–Crippen MR) is 80.7 cm³/mol. The van der Waals surface area contributed by atoms with Crippen LogP contribution in [0, 0.1) is 0 Å². The number of aromatic nitrogens is 2. The minimum absolute atomic E-state index is 0.539. The Bertz CT molecular complexity index is 609. The number of fused-ring (bicyclic) bond motifs is 1. The highest BCUT2D eigenvalue weighted by atomic mass is 35.5. The van der Waals surface area contributed by atoms with Crippen LogP contribution < -0.4 is 5.32 Å². The molecule has 2 heterocycles. The van der Waals surface area contributed by atoms with E-state index in [2.05, 4.69) is 5.32 Å². The van der Waals surface area contributed by atoms with Gasteiger partial charge in [-0.3, -0.25) is 0 Å². The largest absolute Gasteiger partial charge is 0.378 e. The fraction of sp³-hybridized carbons (Fsp3) is 0.400. The van der Waals surface area contributed by atoms with Crippen LogP contribution in [0.2, 0.25) is 5.02 Å². The molecule has 0 saturated carbocycles. The van der Waals surface area contributed by atoms with Crippen LogP contribution in [0.15, 0.2) is 24.3 Å². The average Bonchev–Trinajstić information content (AvgIpc) is 2.62. The lowest BCUT2D eigenvalue weighted by atomic mass is 10.1. The van der Waals surface area contributed by atoms with E-state index in [1.54, 1.807) is 7.11 Å². The van der Waals surface area contributed by atoms with E-state index in [0.29, 0.717) is 11.6 Å². The van der Waals surface area contributed by atoms with Crippen molar-refractivity contribution >= 4 is 17.4 Å². The van der Waals surface area contributed by atoms with Crippen LogP contribution in [0.3, 0.4) is 0 Å². The smallest absolute Gasteiger partial charge is 0.133 e. The van der Waals surface area contributed by atoms with E-state index < -0.39 is 0 Å². The Kier molecular flexibility index (Phi) is 3.94. The van der Waals surface area contributed by atoms with E-state index in [1.165, 1.54) is 18.4 Å². The first-order chi connectivity index (χ1) is 9.79. The third kappa shape index (κ3) is 2.53. The molecule has 106 valence electrons. The molecule has 3 rings (SSSR count). The summed E-state index contributed by atoms with van der Waals surface area (Å²) in [7, 11) is 1.70. The summed E-state index contributed by atoms with van der Waals surface area (Å²) in [4.78, 5) is 0. The first kappa shape index (κ1) is 13.5. The fourth-order valence-electron chi connectivity index (χ4n) is 2.62. The van der Waals surface area contributed by atoms with Gasteiger partial charge in [0.1, 0.15) is 5.82 Å². The summed E-state index contributed by atoms with van der Waals surface area (Å²) in [6.07, 6.45) is 3.40. The summed E-state index contributed by atoms with van der Waals surface area (Å²) in [5, 5.41) is 8.91. The van der Waals surface area contributed by atoms with Crippen molar-refractivity contribution in [3.8, 4) is 5.69 Å². The summed E-state index contributed by atoms with van der Waals surface area (Å²) in [6, 6.07) is 7.76. The number of anilines is 1. The monoisotopic (exact) mass is 291 g/mol. The molecule has 4 nitrogen and oxygen atoms in total. The van der Waals surface area contributed by atoms with Crippen LogP contribution >= 0.6 is 11.6 Å². The Balaban J connectivity index is 2.10. The van der Waals surface area contributed by atoms with E-state index in [1.807, 2.05) is 28.9 Å². The van der Waals surface area contributed by atoms with Gasteiger partial charge in [0, 0.05) is 24.2 Å². The number of benzene rings is 1. The number of hydrogen-bond donors (Lipinski definition) is 1. The molecular formula is C15H18ClN3O. The zero-order valence-electron chi connectivity index (χ0n) is 11.5. The number of nitrogens with zero attached hydrogens (tertiary/aromatic N) is 2. The van der Waals surface area contributed by atoms with Crippen molar-refractivity contribution in [1.29, 1.82) is 0 Å². The first-order valence-electron chi connectivity index (χ1n) is 6.89. The molecule has 20 heavy (non-hydrogen) atoms. The molecule has 0 spiro atoms. The molecule has 0 unspecified atom stereocenters. The highest BCUT2D eigenvalue weighted by molar-refractivity contribution is 6.30. The number of halogens is 1. The standard InChI is InChI=1S/C15H18ClN3O/c1-20-10-14-13-7-2-3-8-17-15(13)19(18-14)12-6-4-5-11(16)9-12/h4-6,9,17H,2-3,7-8,10H2,1H3. The SMILES string of the molecule is COCc1nn(-c2cccc(Cl)c2)c2c1CCCCN2. The Morgan fingerprint density at radius 3 is 3.10 bits per heavy atom. The van der Waals surface area contributed by atoms with Crippen molar-refractivity contribution in [2.45, 2.75) is 25.9 Å². The molecule has 0 bridgehead atoms. The van der Waals surface area contributed by atoms with Gasteiger partial charge in [-0.05, 0) is 37.5 Å². The van der Waals surface area contributed by atoms with Gasteiger partial charge in [0.15, 0.2) is 0 Å². The molecule has 0 amide bonds. The molecule has 0 aliphatic carbocycles. The van der Waals surface area contributed by atoms with Gasteiger partial charge in [-0.1, -0.05) is 17.7 Å². The lowest BCUT2D eigenvalue weighted by Crippen LogP contribution is -2.07. The summed E-state index contributed by atoms with van der Waals surface area (Å²) in [6.45, 7) is 1.52. The highest BCUT2D eigenvalue weighted by Gasteiger charge is 2.20. The van der Waals surface area contributed by atoms with Gasteiger partial charge in [0.05, 0.1) is 18.0 Å². The summed E-state index contributed by atoms with van der Waals surface area (Å²) in [5.41, 5.74) is 3.26. The minimum atomic E-state index is 0.539. The van der Waals surface area contributed by atoms with E-state index in [0.717, 1.165) is 30.2 Å². The van der Waals surface area contributed by atoms with Crippen molar-refractivity contribution < 1.29 is 4.74 Å². The van der Waals surface area contributed by atoms with Crippen molar-refractivity contribution in [2.75, 3.05) is 19.0 Å². The molecule has 1 aromatic heterocycles. The highest BCUT2D eigenvalue weighted by Crippen LogP contribution is 2.29. The second-order valence-corrected chi connectivity index (χ2v) is 5.42. The summed E-state index contributed by atoms with van der Waals surface area (Å²) >= 11 is 6.09. The Hall–Kier alpha value is -1.52. The molecule has 0 fully saturated rings. The molecule has 2 aromatic rings. The molecule has 0 atom stereocenters. The second kappa shape index (κ2) is 5.85. The number of ether oxygens (including phenoxy) is 1. The Labute approximate surface area is 123 Å². The second-order valence-electron chi connectivity index (χ2n) is 4.98. The van der Waals surface area contributed by atoms with Crippen LogP contribution in [-0.2, 0) is 17.8 Å². The summed E-state index contributed by atoms with van der Waals surface area (Å²) < 4.78 is 7.22. The van der Waals surface area contributed by atoms with Crippen LogP contribution in [0.5, 0.6) is 0 Å². The van der Waals surface area contributed by atoms with Gasteiger partial charge in [0.25, 0.3) is 0 Å². The average molecular weight is 292 g/mol. The molecule has 5 heteroatoms. The topological polar surface area (TPSA) is 39.1 Å². The van der Waals surface area contributed by atoms with Gasteiger partial charge < -0.3 is 10.1 Å². The molecule has 0 saturated heterocycles. The zero-order valence-corrected chi connectivity index (χ0v) is 12.3. The predicted octanol–water partition coefficient (Wildman–Crippen LogP) is 3.42. The fourth-order valence-corrected chi connectivity index (χ4v) is 2.81. The quantitative estimate of drug-likeness (QED) is 0.942. The lowest BCUT2D eigenvalue weighted by Gasteiger charge is -2.09. The van der Waals surface area contributed by atoms with Gasteiger partial charge >= 0.3 is 0 Å². The van der Waals surface area contributed by atoms with E-state index in [9.17, 15) is 0 Å². The first-order valence-corrected chi connectivity index (χ1v) is 7.27. The molecule has 0 radical (unpaired) electrons. The van der Waals surface area contributed by atoms with Crippen molar-refractivity contribution in [2.24, 2.45) is 0 Å². The zero-order chi connectivity index (χ0) is 13.9.